The van der Waals surface area contributed by atoms with E-state index in [4.69, 9.17) is 0 Å². The molecule has 0 aliphatic rings. The summed E-state index contributed by atoms with van der Waals surface area (Å²) >= 11 is 0. The van der Waals surface area contributed by atoms with Crippen LogP contribution >= 0.6 is 0 Å². The molecule has 2 aromatic rings. The second-order valence-corrected chi connectivity index (χ2v) is 6.10. The summed E-state index contributed by atoms with van der Waals surface area (Å²) in [5.41, 5.74) is 3.12. The van der Waals surface area contributed by atoms with Crippen LogP contribution in [-0.4, -0.2) is 5.78 Å². The van der Waals surface area contributed by atoms with Gasteiger partial charge in [-0.15, -0.1) is 0 Å². The van der Waals surface area contributed by atoms with E-state index in [0.29, 0.717) is 11.1 Å². The van der Waals surface area contributed by atoms with Gasteiger partial charge in [-0.3, -0.25) is 4.79 Å². The van der Waals surface area contributed by atoms with E-state index in [1.54, 1.807) is 6.07 Å². The summed E-state index contributed by atoms with van der Waals surface area (Å²) in [6.07, 6.45) is 1.03. The lowest BCUT2D eigenvalue weighted by molar-refractivity contribution is 0.103. The molecule has 1 nitrogen and oxygen atoms in total. The summed E-state index contributed by atoms with van der Waals surface area (Å²) in [5.74, 6) is -0.513. The smallest absolute Gasteiger partial charge is 0.193 e. The molecule has 0 N–H and O–H groups in total. The van der Waals surface area contributed by atoms with Gasteiger partial charge in [0.25, 0.3) is 0 Å². The molecule has 2 aromatic carbocycles. The maximum atomic E-state index is 13.3. The van der Waals surface area contributed by atoms with E-state index in [2.05, 4.69) is 20.8 Å². The third-order valence-corrected chi connectivity index (χ3v) is 4.26. The predicted octanol–water partition coefficient (Wildman–Crippen LogP) is 5.05. The van der Waals surface area contributed by atoms with Crippen molar-refractivity contribution in [1.82, 2.24) is 0 Å². The summed E-state index contributed by atoms with van der Waals surface area (Å²) in [7, 11) is 0. The van der Waals surface area contributed by atoms with Gasteiger partial charge in [0.05, 0.1) is 0 Å². The molecule has 2 heteroatoms. The molecule has 0 aliphatic carbocycles. The number of ketones is 1. The SMILES string of the molecule is CCC(C)(C)c1ccc(C(=O)c2cc(F)ccc2C)cc1. The first-order chi connectivity index (χ1) is 9.85. The van der Waals surface area contributed by atoms with Crippen LogP contribution in [0.3, 0.4) is 0 Å². The van der Waals surface area contributed by atoms with Crippen molar-refractivity contribution >= 4 is 5.78 Å². The third-order valence-electron chi connectivity index (χ3n) is 4.26. The van der Waals surface area contributed by atoms with Crippen LogP contribution < -0.4 is 0 Å². The summed E-state index contributed by atoms with van der Waals surface area (Å²) < 4.78 is 13.3. The van der Waals surface area contributed by atoms with Crippen LogP contribution in [-0.2, 0) is 5.41 Å². The number of halogens is 1. The molecular weight excluding hydrogens is 263 g/mol. The highest BCUT2D eigenvalue weighted by Gasteiger charge is 2.19. The number of rotatable bonds is 4. The zero-order valence-corrected chi connectivity index (χ0v) is 13.0. The summed E-state index contributed by atoms with van der Waals surface area (Å²) in [6, 6.07) is 12.0. The Labute approximate surface area is 125 Å². The number of carbonyl (C=O) groups is 1. The molecule has 0 saturated carbocycles. The molecule has 0 unspecified atom stereocenters. The molecular formula is C19H21FO. The minimum atomic E-state index is -0.382. The molecule has 0 fully saturated rings. The van der Waals surface area contributed by atoms with Gasteiger partial charge in [0.1, 0.15) is 5.82 Å². The molecule has 21 heavy (non-hydrogen) atoms. The fraction of sp³-hybridized carbons (Fsp3) is 0.316. The molecule has 0 atom stereocenters. The lowest BCUT2D eigenvalue weighted by atomic mass is 9.82. The zero-order chi connectivity index (χ0) is 15.6. The average molecular weight is 284 g/mol. The Hall–Kier alpha value is -1.96. The lowest BCUT2D eigenvalue weighted by Crippen LogP contribution is -2.15. The van der Waals surface area contributed by atoms with Crippen LogP contribution in [0.1, 0.15) is 54.2 Å². The second-order valence-electron chi connectivity index (χ2n) is 6.10. The molecule has 0 spiro atoms. The topological polar surface area (TPSA) is 17.1 Å². The minimum absolute atomic E-state index is 0.0936. The highest BCUT2D eigenvalue weighted by Crippen LogP contribution is 2.27. The van der Waals surface area contributed by atoms with Crippen molar-refractivity contribution in [3.05, 3.63) is 70.5 Å². The Bertz CT molecular complexity index is 654. The van der Waals surface area contributed by atoms with E-state index >= 15 is 0 Å². The Balaban J connectivity index is 2.35. The van der Waals surface area contributed by atoms with Crippen molar-refractivity contribution in [3.63, 3.8) is 0 Å². The molecule has 0 bridgehead atoms. The number of aryl methyl sites for hydroxylation is 1. The number of hydrogen-bond donors (Lipinski definition) is 0. The van der Waals surface area contributed by atoms with Crippen molar-refractivity contribution in [2.75, 3.05) is 0 Å². The summed E-state index contributed by atoms with van der Waals surface area (Å²) in [6.45, 7) is 8.33. The standard InChI is InChI=1S/C19H21FO/c1-5-19(3,4)15-9-7-14(8-10-15)18(21)17-12-16(20)11-6-13(17)2/h6-12H,5H2,1-4H3. The second kappa shape index (κ2) is 5.80. The van der Waals surface area contributed by atoms with E-state index in [9.17, 15) is 9.18 Å². The van der Waals surface area contributed by atoms with Crippen molar-refractivity contribution in [1.29, 1.82) is 0 Å². The van der Waals surface area contributed by atoms with Crippen LogP contribution in [0.5, 0.6) is 0 Å². The number of carbonyl (C=O) groups excluding carboxylic acids is 1. The molecule has 0 saturated heterocycles. The molecule has 0 aromatic heterocycles. The van der Waals surface area contributed by atoms with Crippen LogP contribution in [0.15, 0.2) is 42.5 Å². The van der Waals surface area contributed by atoms with Crippen LogP contribution in [0.25, 0.3) is 0 Å². The monoisotopic (exact) mass is 284 g/mol. The van der Waals surface area contributed by atoms with E-state index in [0.717, 1.165) is 12.0 Å². The molecule has 2 rings (SSSR count). The van der Waals surface area contributed by atoms with Gasteiger partial charge in [0.15, 0.2) is 5.78 Å². The van der Waals surface area contributed by atoms with Gasteiger partial charge in [0.2, 0.25) is 0 Å². The predicted molar refractivity (Wildman–Crippen MR) is 84.3 cm³/mol. The van der Waals surface area contributed by atoms with Crippen molar-refractivity contribution < 1.29 is 9.18 Å². The van der Waals surface area contributed by atoms with Gasteiger partial charge in [-0.2, -0.15) is 0 Å². The first-order valence-electron chi connectivity index (χ1n) is 7.26. The van der Waals surface area contributed by atoms with Gasteiger partial charge in [-0.1, -0.05) is 51.1 Å². The van der Waals surface area contributed by atoms with Crippen molar-refractivity contribution in [3.8, 4) is 0 Å². The fourth-order valence-electron chi connectivity index (χ4n) is 2.27. The maximum Gasteiger partial charge on any atom is 0.193 e. The van der Waals surface area contributed by atoms with E-state index in [-0.39, 0.29) is 17.0 Å². The van der Waals surface area contributed by atoms with Crippen molar-refractivity contribution in [2.45, 2.75) is 39.5 Å². The third kappa shape index (κ3) is 3.21. The highest BCUT2D eigenvalue weighted by atomic mass is 19.1. The molecule has 0 amide bonds. The Kier molecular flexibility index (Phi) is 4.26. The largest absolute Gasteiger partial charge is 0.289 e. The zero-order valence-electron chi connectivity index (χ0n) is 13.0. The van der Waals surface area contributed by atoms with Gasteiger partial charge in [-0.25, -0.2) is 4.39 Å². The van der Waals surface area contributed by atoms with E-state index in [1.807, 2.05) is 31.2 Å². The molecule has 0 radical (unpaired) electrons. The average Bonchev–Trinajstić information content (AvgIpc) is 2.49. The van der Waals surface area contributed by atoms with Crippen LogP contribution in [0, 0.1) is 12.7 Å². The first kappa shape index (κ1) is 15.4. The molecule has 110 valence electrons. The number of benzene rings is 2. The fourth-order valence-corrected chi connectivity index (χ4v) is 2.27. The summed E-state index contributed by atoms with van der Waals surface area (Å²) in [5, 5.41) is 0. The summed E-state index contributed by atoms with van der Waals surface area (Å²) in [4.78, 5) is 12.5. The normalized spacial score (nSPS) is 11.5. The van der Waals surface area contributed by atoms with E-state index in [1.165, 1.54) is 17.7 Å². The maximum absolute atomic E-state index is 13.3. The van der Waals surface area contributed by atoms with Crippen molar-refractivity contribution in [2.24, 2.45) is 0 Å². The molecule has 0 aliphatic heterocycles. The lowest BCUT2D eigenvalue weighted by Gasteiger charge is -2.23. The van der Waals surface area contributed by atoms with Crippen LogP contribution in [0.4, 0.5) is 4.39 Å². The first-order valence-corrected chi connectivity index (χ1v) is 7.26. The Morgan fingerprint density at radius 1 is 1.10 bits per heavy atom. The van der Waals surface area contributed by atoms with Gasteiger partial charge >= 0.3 is 0 Å². The minimum Gasteiger partial charge on any atom is -0.289 e. The molecule has 0 heterocycles. The Morgan fingerprint density at radius 3 is 2.29 bits per heavy atom. The quantitative estimate of drug-likeness (QED) is 0.718. The van der Waals surface area contributed by atoms with Gasteiger partial charge in [-0.05, 0) is 42.0 Å². The Morgan fingerprint density at radius 2 is 1.71 bits per heavy atom. The highest BCUT2D eigenvalue weighted by molar-refractivity contribution is 6.09. The van der Waals surface area contributed by atoms with Crippen LogP contribution in [0.2, 0.25) is 0 Å². The van der Waals surface area contributed by atoms with E-state index < -0.39 is 0 Å². The van der Waals surface area contributed by atoms with Gasteiger partial charge in [0, 0.05) is 11.1 Å². The number of hydrogen-bond acceptors (Lipinski definition) is 1. The van der Waals surface area contributed by atoms with Gasteiger partial charge < -0.3 is 0 Å².